The van der Waals surface area contributed by atoms with E-state index < -0.39 is 0 Å². The van der Waals surface area contributed by atoms with Crippen molar-refractivity contribution in [2.24, 2.45) is 0 Å². The summed E-state index contributed by atoms with van der Waals surface area (Å²) >= 11 is 0. The Bertz CT molecular complexity index is 628. The van der Waals surface area contributed by atoms with Gasteiger partial charge >= 0.3 is 6.03 Å². The molecule has 0 fully saturated rings. The highest BCUT2D eigenvalue weighted by Crippen LogP contribution is 2.15. The number of rotatable bonds is 7. The Kier molecular flexibility index (Phi) is 6.32. The van der Waals surface area contributed by atoms with Gasteiger partial charge in [0.1, 0.15) is 0 Å². The van der Waals surface area contributed by atoms with Gasteiger partial charge in [-0.3, -0.25) is 4.98 Å². The molecule has 0 aliphatic rings. The lowest BCUT2D eigenvalue weighted by atomic mass is 10.0. The summed E-state index contributed by atoms with van der Waals surface area (Å²) in [4.78, 5) is 16.1. The zero-order valence-electron chi connectivity index (χ0n) is 14.5. The number of hydrogen-bond acceptors (Lipinski definition) is 3. The number of pyridine rings is 1. The van der Waals surface area contributed by atoms with Crippen LogP contribution >= 0.6 is 0 Å². The number of carbonyl (C=O) groups excluding carboxylic acids is 1. The SMILES string of the molecule is C[C@H](NC(C)(C)CNC(=O)NCc1ccccn1)c1ccccc1. The highest BCUT2D eigenvalue weighted by molar-refractivity contribution is 5.73. The molecule has 1 atom stereocenters. The lowest BCUT2D eigenvalue weighted by molar-refractivity contribution is 0.234. The van der Waals surface area contributed by atoms with E-state index in [0.29, 0.717) is 13.1 Å². The maximum Gasteiger partial charge on any atom is 0.315 e. The molecule has 2 amide bonds. The zero-order valence-corrected chi connectivity index (χ0v) is 14.5. The van der Waals surface area contributed by atoms with E-state index in [4.69, 9.17) is 0 Å². The molecule has 2 rings (SSSR count). The molecule has 0 saturated heterocycles. The molecular formula is C19H26N4O. The molecule has 5 nitrogen and oxygen atoms in total. The van der Waals surface area contributed by atoms with E-state index in [2.05, 4.69) is 53.8 Å². The Morgan fingerprint density at radius 2 is 1.79 bits per heavy atom. The van der Waals surface area contributed by atoms with E-state index in [-0.39, 0.29) is 17.6 Å². The van der Waals surface area contributed by atoms with Crippen LogP contribution in [0.1, 0.15) is 38.1 Å². The van der Waals surface area contributed by atoms with Crippen LogP contribution in [0.5, 0.6) is 0 Å². The van der Waals surface area contributed by atoms with Crippen molar-refractivity contribution in [3.05, 3.63) is 66.0 Å². The van der Waals surface area contributed by atoms with Gasteiger partial charge in [-0.15, -0.1) is 0 Å². The molecule has 0 spiro atoms. The fourth-order valence-corrected chi connectivity index (χ4v) is 2.50. The minimum atomic E-state index is -0.225. The van der Waals surface area contributed by atoms with Crippen LogP contribution in [0.2, 0.25) is 0 Å². The highest BCUT2D eigenvalue weighted by Gasteiger charge is 2.21. The number of nitrogens with one attached hydrogen (secondary N) is 3. The van der Waals surface area contributed by atoms with Gasteiger partial charge in [-0.1, -0.05) is 36.4 Å². The van der Waals surface area contributed by atoms with E-state index in [1.54, 1.807) is 6.20 Å². The molecule has 0 radical (unpaired) electrons. The van der Waals surface area contributed by atoms with Crippen molar-refractivity contribution in [3.8, 4) is 0 Å². The lowest BCUT2D eigenvalue weighted by Gasteiger charge is -2.30. The van der Waals surface area contributed by atoms with E-state index in [1.807, 2.05) is 36.4 Å². The Balaban J connectivity index is 1.76. The normalized spacial score (nSPS) is 12.5. The van der Waals surface area contributed by atoms with Crippen LogP contribution in [0, 0.1) is 0 Å². The molecule has 24 heavy (non-hydrogen) atoms. The van der Waals surface area contributed by atoms with Crippen molar-refractivity contribution in [1.29, 1.82) is 0 Å². The summed E-state index contributed by atoms with van der Waals surface area (Å²) in [6.07, 6.45) is 1.72. The van der Waals surface area contributed by atoms with Gasteiger partial charge in [-0.05, 0) is 38.5 Å². The number of carbonyl (C=O) groups is 1. The summed E-state index contributed by atoms with van der Waals surface area (Å²) in [6.45, 7) is 7.22. The molecule has 0 aliphatic carbocycles. The fourth-order valence-electron chi connectivity index (χ4n) is 2.50. The van der Waals surface area contributed by atoms with Crippen LogP contribution in [0.3, 0.4) is 0 Å². The number of amides is 2. The van der Waals surface area contributed by atoms with Crippen molar-refractivity contribution < 1.29 is 4.79 Å². The third-order valence-electron chi connectivity index (χ3n) is 3.75. The monoisotopic (exact) mass is 326 g/mol. The van der Waals surface area contributed by atoms with E-state index in [9.17, 15) is 4.79 Å². The average Bonchev–Trinajstić information content (AvgIpc) is 2.59. The summed E-state index contributed by atoms with van der Waals surface area (Å²) in [5, 5.41) is 9.27. The fraction of sp³-hybridized carbons (Fsp3) is 0.368. The minimum absolute atomic E-state index is 0.192. The van der Waals surface area contributed by atoms with Crippen LogP contribution in [0.4, 0.5) is 4.79 Å². The van der Waals surface area contributed by atoms with Gasteiger partial charge in [0, 0.05) is 24.3 Å². The largest absolute Gasteiger partial charge is 0.336 e. The average molecular weight is 326 g/mol. The summed E-state index contributed by atoms with van der Waals surface area (Å²) in [7, 11) is 0. The second-order valence-electron chi connectivity index (χ2n) is 6.52. The Morgan fingerprint density at radius 1 is 1.08 bits per heavy atom. The first kappa shape index (κ1) is 17.9. The number of hydrogen-bond donors (Lipinski definition) is 3. The topological polar surface area (TPSA) is 66.0 Å². The van der Waals surface area contributed by atoms with Gasteiger partial charge in [0.2, 0.25) is 0 Å². The smallest absolute Gasteiger partial charge is 0.315 e. The van der Waals surface area contributed by atoms with E-state index >= 15 is 0 Å². The van der Waals surface area contributed by atoms with Crippen LogP contribution in [0.25, 0.3) is 0 Å². The highest BCUT2D eigenvalue weighted by atomic mass is 16.2. The molecule has 1 heterocycles. The quantitative estimate of drug-likeness (QED) is 0.733. The van der Waals surface area contributed by atoms with Crippen LogP contribution in [0.15, 0.2) is 54.7 Å². The zero-order chi connectivity index (χ0) is 17.4. The van der Waals surface area contributed by atoms with Crippen LogP contribution in [-0.4, -0.2) is 23.1 Å². The second kappa shape index (κ2) is 8.45. The molecule has 5 heteroatoms. The molecule has 0 aliphatic heterocycles. The summed E-state index contributed by atoms with van der Waals surface area (Å²) in [6, 6.07) is 15.9. The Hall–Kier alpha value is -2.40. The molecular weight excluding hydrogens is 300 g/mol. The van der Waals surface area contributed by atoms with Gasteiger partial charge in [0.25, 0.3) is 0 Å². The van der Waals surface area contributed by atoms with Crippen molar-refractivity contribution in [2.45, 2.75) is 38.9 Å². The molecule has 2 aromatic rings. The molecule has 0 unspecified atom stereocenters. The third-order valence-corrected chi connectivity index (χ3v) is 3.75. The van der Waals surface area contributed by atoms with Crippen molar-refractivity contribution in [3.63, 3.8) is 0 Å². The van der Waals surface area contributed by atoms with Crippen LogP contribution in [-0.2, 0) is 6.54 Å². The summed E-state index contributed by atoms with van der Waals surface area (Å²) < 4.78 is 0. The molecule has 128 valence electrons. The number of nitrogens with zero attached hydrogens (tertiary/aromatic N) is 1. The van der Waals surface area contributed by atoms with Gasteiger partial charge in [0.05, 0.1) is 12.2 Å². The molecule has 1 aromatic heterocycles. The number of urea groups is 1. The first-order chi connectivity index (χ1) is 11.5. The summed E-state index contributed by atoms with van der Waals surface area (Å²) in [5.74, 6) is 0. The third kappa shape index (κ3) is 6.01. The van der Waals surface area contributed by atoms with Crippen molar-refractivity contribution >= 4 is 6.03 Å². The molecule has 0 saturated carbocycles. The Morgan fingerprint density at radius 3 is 2.46 bits per heavy atom. The summed E-state index contributed by atoms with van der Waals surface area (Å²) in [5.41, 5.74) is 1.84. The molecule has 3 N–H and O–H groups in total. The number of benzene rings is 1. The van der Waals surface area contributed by atoms with Crippen LogP contribution < -0.4 is 16.0 Å². The minimum Gasteiger partial charge on any atom is -0.336 e. The second-order valence-corrected chi connectivity index (χ2v) is 6.52. The first-order valence-corrected chi connectivity index (χ1v) is 8.20. The van der Waals surface area contributed by atoms with Gasteiger partial charge < -0.3 is 16.0 Å². The first-order valence-electron chi connectivity index (χ1n) is 8.20. The van der Waals surface area contributed by atoms with Gasteiger partial charge in [-0.2, -0.15) is 0 Å². The molecule has 0 bridgehead atoms. The predicted octanol–water partition coefficient (Wildman–Crippen LogP) is 3.01. The van der Waals surface area contributed by atoms with Crippen molar-refractivity contribution in [2.75, 3.05) is 6.54 Å². The number of aromatic nitrogens is 1. The maximum absolute atomic E-state index is 11.9. The van der Waals surface area contributed by atoms with Gasteiger partial charge in [-0.25, -0.2) is 4.79 Å². The van der Waals surface area contributed by atoms with E-state index in [1.165, 1.54) is 5.56 Å². The van der Waals surface area contributed by atoms with Crippen molar-refractivity contribution in [1.82, 2.24) is 20.9 Å². The van der Waals surface area contributed by atoms with Gasteiger partial charge in [0.15, 0.2) is 0 Å². The van der Waals surface area contributed by atoms with E-state index in [0.717, 1.165) is 5.69 Å². The maximum atomic E-state index is 11.9. The predicted molar refractivity (Wildman–Crippen MR) is 96.5 cm³/mol. The molecule has 1 aromatic carbocycles. The Labute approximate surface area is 143 Å². The standard InChI is InChI=1S/C19H26N4O/c1-15(16-9-5-4-6-10-16)23-19(2,3)14-22-18(24)21-13-17-11-7-8-12-20-17/h4-12,15,23H,13-14H2,1-3H3,(H2,21,22,24)/t15-/m0/s1. The lowest BCUT2D eigenvalue weighted by Crippen LogP contribution is -2.51.